The van der Waals surface area contributed by atoms with Crippen molar-refractivity contribution < 1.29 is 17.9 Å². The van der Waals surface area contributed by atoms with Gasteiger partial charge in [-0.2, -0.15) is 0 Å². The van der Waals surface area contributed by atoms with Crippen LogP contribution in [-0.4, -0.2) is 34.3 Å². The average molecular weight is 286 g/mol. The number of hydrogen-bond donors (Lipinski definition) is 2. The fraction of sp³-hybridized carbons (Fsp3) is 0.500. The van der Waals surface area contributed by atoms with E-state index in [9.17, 15) is 8.42 Å². The number of nitrogen functional groups attached to an aromatic ring is 1. The largest absolute Gasteiger partial charge is 0.495 e. The lowest BCUT2D eigenvalue weighted by Gasteiger charge is -2.23. The number of rotatable bonds is 4. The topological polar surface area (TPSA) is 90.7 Å². The predicted molar refractivity (Wildman–Crippen MR) is 71.6 cm³/mol. The standard InChI is InChI=1S/C12H18N2O4S/c1-12(5-6-18-8-12)14-19(15,16)11-4-3-9(13)7-10(11)17-2/h3-4,7,14H,5-6,8,13H2,1-2H3. The molecule has 1 aliphatic heterocycles. The van der Waals surface area contributed by atoms with Crippen LogP contribution in [-0.2, 0) is 14.8 Å². The molecule has 1 fully saturated rings. The third-order valence-corrected chi connectivity index (χ3v) is 4.75. The molecule has 0 aliphatic carbocycles. The maximum atomic E-state index is 12.4. The van der Waals surface area contributed by atoms with Crippen LogP contribution in [0.1, 0.15) is 13.3 Å². The van der Waals surface area contributed by atoms with Crippen LogP contribution in [0.5, 0.6) is 5.75 Å². The molecule has 0 radical (unpaired) electrons. The zero-order valence-electron chi connectivity index (χ0n) is 11.0. The van der Waals surface area contributed by atoms with Crippen molar-refractivity contribution in [1.82, 2.24) is 4.72 Å². The highest BCUT2D eigenvalue weighted by atomic mass is 32.2. The zero-order valence-corrected chi connectivity index (χ0v) is 11.8. The summed E-state index contributed by atoms with van der Waals surface area (Å²) in [5.74, 6) is 0.231. The molecule has 6 nitrogen and oxygen atoms in total. The molecule has 1 aromatic carbocycles. The molecule has 7 heteroatoms. The van der Waals surface area contributed by atoms with Gasteiger partial charge in [0.2, 0.25) is 10.0 Å². The summed E-state index contributed by atoms with van der Waals surface area (Å²) in [6, 6.07) is 4.46. The van der Waals surface area contributed by atoms with Crippen LogP contribution in [0.2, 0.25) is 0 Å². The van der Waals surface area contributed by atoms with E-state index < -0.39 is 15.6 Å². The van der Waals surface area contributed by atoms with E-state index in [2.05, 4.69) is 4.72 Å². The summed E-state index contributed by atoms with van der Waals surface area (Å²) in [4.78, 5) is 0.0809. The van der Waals surface area contributed by atoms with Crippen molar-refractivity contribution in [3.63, 3.8) is 0 Å². The average Bonchev–Trinajstić information content (AvgIpc) is 2.74. The second-order valence-electron chi connectivity index (χ2n) is 4.88. The van der Waals surface area contributed by atoms with E-state index in [-0.39, 0.29) is 10.6 Å². The van der Waals surface area contributed by atoms with Gasteiger partial charge in [-0.05, 0) is 25.5 Å². The van der Waals surface area contributed by atoms with Gasteiger partial charge >= 0.3 is 0 Å². The fourth-order valence-electron chi connectivity index (χ4n) is 2.03. The van der Waals surface area contributed by atoms with Crippen LogP contribution in [0.4, 0.5) is 5.69 Å². The summed E-state index contributed by atoms with van der Waals surface area (Å²) in [5.41, 5.74) is 5.49. The molecule has 0 amide bonds. The van der Waals surface area contributed by atoms with Gasteiger partial charge in [0, 0.05) is 18.4 Å². The van der Waals surface area contributed by atoms with E-state index in [1.165, 1.54) is 25.3 Å². The second-order valence-corrected chi connectivity index (χ2v) is 6.53. The van der Waals surface area contributed by atoms with Crippen molar-refractivity contribution in [2.24, 2.45) is 0 Å². The van der Waals surface area contributed by atoms with E-state index in [0.29, 0.717) is 25.3 Å². The number of benzene rings is 1. The van der Waals surface area contributed by atoms with Gasteiger partial charge in [0.15, 0.2) is 0 Å². The molecule has 0 saturated carbocycles. The molecular formula is C12H18N2O4S. The third kappa shape index (κ3) is 2.99. The van der Waals surface area contributed by atoms with Crippen molar-refractivity contribution in [3.05, 3.63) is 18.2 Å². The monoisotopic (exact) mass is 286 g/mol. The summed E-state index contributed by atoms with van der Waals surface area (Å²) < 4.78 is 37.8. The lowest BCUT2D eigenvalue weighted by Crippen LogP contribution is -2.46. The van der Waals surface area contributed by atoms with Gasteiger partial charge in [0.05, 0.1) is 19.3 Å². The first-order chi connectivity index (χ1) is 8.86. The summed E-state index contributed by atoms with van der Waals surface area (Å²) >= 11 is 0. The van der Waals surface area contributed by atoms with Crippen molar-refractivity contribution in [3.8, 4) is 5.75 Å². The molecular weight excluding hydrogens is 268 g/mol. The first-order valence-corrected chi connectivity index (χ1v) is 7.40. The summed E-state index contributed by atoms with van der Waals surface area (Å²) in [5, 5.41) is 0. The Morgan fingerprint density at radius 2 is 2.21 bits per heavy atom. The second kappa shape index (κ2) is 4.99. The number of nitrogens with one attached hydrogen (secondary N) is 1. The van der Waals surface area contributed by atoms with Gasteiger partial charge in [-0.3, -0.25) is 0 Å². The molecule has 0 spiro atoms. The van der Waals surface area contributed by atoms with Crippen LogP contribution in [0, 0.1) is 0 Å². The maximum absolute atomic E-state index is 12.4. The predicted octanol–water partition coefficient (Wildman–Crippen LogP) is 0.735. The molecule has 1 aromatic rings. The molecule has 19 heavy (non-hydrogen) atoms. The van der Waals surface area contributed by atoms with Gasteiger partial charge in [-0.25, -0.2) is 13.1 Å². The minimum atomic E-state index is -3.67. The first kappa shape index (κ1) is 14.1. The highest BCUT2D eigenvalue weighted by Crippen LogP contribution is 2.28. The molecule has 2 rings (SSSR count). The van der Waals surface area contributed by atoms with E-state index >= 15 is 0 Å². The molecule has 3 N–H and O–H groups in total. The number of sulfonamides is 1. The molecule has 1 heterocycles. The third-order valence-electron chi connectivity index (χ3n) is 3.08. The Morgan fingerprint density at radius 1 is 1.47 bits per heavy atom. The van der Waals surface area contributed by atoms with E-state index in [1.807, 2.05) is 6.92 Å². The summed E-state index contributed by atoms with van der Waals surface area (Å²) in [7, 11) is -2.26. The Morgan fingerprint density at radius 3 is 2.79 bits per heavy atom. The Bertz CT molecular complexity index is 565. The van der Waals surface area contributed by atoms with Gasteiger partial charge < -0.3 is 15.2 Å². The SMILES string of the molecule is COc1cc(N)ccc1S(=O)(=O)NC1(C)CCOC1. The number of hydrogen-bond acceptors (Lipinski definition) is 5. The smallest absolute Gasteiger partial charge is 0.244 e. The van der Waals surface area contributed by atoms with Crippen molar-refractivity contribution in [1.29, 1.82) is 0 Å². The van der Waals surface area contributed by atoms with Crippen LogP contribution in [0.15, 0.2) is 23.1 Å². The Kier molecular flexibility index (Phi) is 3.71. The Balaban J connectivity index is 2.34. The number of nitrogens with two attached hydrogens (primary N) is 1. The van der Waals surface area contributed by atoms with Gasteiger partial charge in [-0.1, -0.05) is 0 Å². The first-order valence-electron chi connectivity index (χ1n) is 5.92. The molecule has 0 bridgehead atoms. The Hall–Kier alpha value is -1.31. The minimum absolute atomic E-state index is 0.0809. The molecule has 1 unspecified atom stereocenters. The van der Waals surface area contributed by atoms with E-state index in [0.717, 1.165) is 0 Å². The number of ether oxygens (including phenoxy) is 2. The van der Waals surface area contributed by atoms with Crippen molar-refractivity contribution in [2.45, 2.75) is 23.8 Å². The highest BCUT2D eigenvalue weighted by Gasteiger charge is 2.35. The van der Waals surface area contributed by atoms with Crippen LogP contribution in [0.3, 0.4) is 0 Å². The molecule has 106 valence electrons. The Labute approximate surface area is 112 Å². The van der Waals surface area contributed by atoms with Gasteiger partial charge in [-0.15, -0.1) is 0 Å². The van der Waals surface area contributed by atoms with Gasteiger partial charge in [0.1, 0.15) is 10.6 Å². The van der Waals surface area contributed by atoms with Gasteiger partial charge in [0.25, 0.3) is 0 Å². The molecule has 0 aromatic heterocycles. The van der Waals surface area contributed by atoms with Crippen LogP contribution in [0.25, 0.3) is 0 Å². The highest BCUT2D eigenvalue weighted by molar-refractivity contribution is 7.89. The zero-order chi connectivity index (χ0) is 14.1. The van der Waals surface area contributed by atoms with E-state index in [4.69, 9.17) is 15.2 Å². The summed E-state index contributed by atoms with van der Waals surface area (Å²) in [6.45, 7) is 2.74. The normalized spacial score (nSPS) is 23.5. The van der Waals surface area contributed by atoms with Crippen molar-refractivity contribution in [2.75, 3.05) is 26.1 Å². The molecule has 1 saturated heterocycles. The fourth-order valence-corrected chi connectivity index (χ4v) is 3.61. The van der Waals surface area contributed by atoms with Crippen LogP contribution < -0.4 is 15.2 Å². The van der Waals surface area contributed by atoms with Crippen molar-refractivity contribution >= 4 is 15.7 Å². The minimum Gasteiger partial charge on any atom is -0.495 e. The maximum Gasteiger partial charge on any atom is 0.244 e. The van der Waals surface area contributed by atoms with Crippen LogP contribution >= 0.6 is 0 Å². The quantitative estimate of drug-likeness (QED) is 0.796. The lowest BCUT2D eigenvalue weighted by molar-refractivity contribution is 0.178. The molecule has 1 aliphatic rings. The lowest BCUT2D eigenvalue weighted by atomic mass is 10.0. The summed E-state index contributed by atoms with van der Waals surface area (Å²) in [6.07, 6.45) is 0.642. The number of anilines is 1. The number of methoxy groups -OCH3 is 1. The molecule has 1 atom stereocenters. The van der Waals surface area contributed by atoms with E-state index in [1.54, 1.807) is 0 Å².